The van der Waals surface area contributed by atoms with Gasteiger partial charge in [-0.05, 0) is 59.3 Å². The summed E-state index contributed by atoms with van der Waals surface area (Å²) in [7, 11) is 0. The minimum Gasteiger partial charge on any atom is -0.364 e. The number of nitrogens with zero attached hydrogens (tertiary/aromatic N) is 1. The van der Waals surface area contributed by atoms with Crippen molar-refractivity contribution in [3.63, 3.8) is 0 Å². The van der Waals surface area contributed by atoms with E-state index >= 15 is 0 Å². The monoisotopic (exact) mass is 291 g/mol. The molecule has 3 rings (SSSR count). The summed E-state index contributed by atoms with van der Waals surface area (Å²) < 4.78 is 0. The summed E-state index contributed by atoms with van der Waals surface area (Å²) in [6, 6.07) is 9.55. The Bertz CT molecular complexity index is 546. The van der Waals surface area contributed by atoms with Crippen molar-refractivity contribution < 1.29 is 0 Å². The number of hydrogen-bond donors (Lipinski definition) is 0. The fraction of sp³-hybridized carbons (Fsp3) is 0.375. The van der Waals surface area contributed by atoms with E-state index in [0.29, 0.717) is 5.88 Å². The Kier molecular flexibility index (Phi) is 3.81. The average Bonchev–Trinajstić information content (AvgIpc) is 3.14. The first-order valence-corrected chi connectivity index (χ1v) is 8.19. The second kappa shape index (κ2) is 5.56. The summed E-state index contributed by atoms with van der Waals surface area (Å²) >= 11 is 7.68. The van der Waals surface area contributed by atoms with Crippen LogP contribution in [-0.2, 0) is 12.4 Å². The number of halogens is 1. The minimum absolute atomic E-state index is 0.592. The molecule has 0 amide bonds. The predicted molar refractivity (Wildman–Crippen MR) is 84.3 cm³/mol. The van der Waals surface area contributed by atoms with E-state index < -0.39 is 0 Å². The van der Waals surface area contributed by atoms with Crippen LogP contribution in [0.5, 0.6) is 0 Å². The number of benzene rings is 1. The van der Waals surface area contributed by atoms with Crippen molar-refractivity contribution in [1.29, 1.82) is 0 Å². The van der Waals surface area contributed by atoms with Gasteiger partial charge in [-0.1, -0.05) is 12.1 Å². The maximum atomic E-state index is 5.91. The van der Waals surface area contributed by atoms with Crippen molar-refractivity contribution in [2.45, 2.75) is 38.2 Å². The van der Waals surface area contributed by atoms with Crippen molar-refractivity contribution in [3.05, 3.63) is 51.7 Å². The van der Waals surface area contributed by atoms with E-state index in [1.165, 1.54) is 35.2 Å². The maximum Gasteiger partial charge on any atom is 0.0474 e. The molecule has 0 atom stereocenters. The van der Waals surface area contributed by atoms with Crippen molar-refractivity contribution in [2.24, 2.45) is 0 Å². The lowest BCUT2D eigenvalue weighted by Crippen LogP contribution is -2.25. The lowest BCUT2D eigenvalue weighted by Gasteiger charge is -2.26. The van der Waals surface area contributed by atoms with Crippen LogP contribution in [-0.4, -0.2) is 6.04 Å². The van der Waals surface area contributed by atoms with E-state index in [0.717, 1.165) is 12.6 Å². The fourth-order valence-corrected chi connectivity index (χ4v) is 3.33. The van der Waals surface area contributed by atoms with Crippen LogP contribution in [0.4, 0.5) is 5.69 Å². The van der Waals surface area contributed by atoms with Gasteiger partial charge >= 0.3 is 0 Å². The molecule has 0 spiro atoms. The Hall–Kier alpha value is -0.990. The van der Waals surface area contributed by atoms with Crippen LogP contribution < -0.4 is 4.90 Å². The standard InChI is InChI=1S/C16H18ClNS/c1-12-8-13(9-17)2-5-16(12)18(15-3-4-15)10-14-6-7-19-11-14/h2,5-8,11,15H,3-4,9-10H2,1H3. The van der Waals surface area contributed by atoms with Crippen LogP contribution in [0.25, 0.3) is 0 Å². The van der Waals surface area contributed by atoms with Gasteiger partial charge in [0.2, 0.25) is 0 Å². The maximum absolute atomic E-state index is 5.91. The molecule has 2 aromatic rings. The number of alkyl halides is 1. The lowest BCUT2D eigenvalue weighted by molar-refractivity contribution is 0.793. The molecule has 0 bridgehead atoms. The van der Waals surface area contributed by atoms with Crippen molar-refractivity contribution in [3.8, 4) is 0 Å². The lowest BCUT2D eigenvalue weighted by atomic mass is 10.1. The number of anilines is 1. The summed E-state index contributed by atoms with van der Waals surface area (Å²) in [5, 5.41) is 4.40. The fourth-order valence-electron chi connectivity index (χ4n) is 2.50. The molecule has 1 fully saturated rings. The van der Waals surface area contributed by atoms with Crippen LogP contribution in [0.2, 0.25) is 0 Å². The molecule has 3 heteroatoms. The van der Waals surface area contributed by atoms with Gasteiger partial charge in [-0.25, -0.2) is 0 Å². The molecule has 1 aliphatic rings. The van der Waals surface area contributed by atoms with Crippen LogP contribution in [0.1, 0.15) is 29.5 Å². The molecular formula is C16H18ClNS. The molecule has 0 aliphatic heterocycles. The number of aryl methyl sites for hydroxylation is 1. The third kappa shape index (κ3) is 2.96. The first kappa shape index (κ1) is 13.0. The second-order valence-corrected chi connectivity index (χ2v) is 6.29. The SMILES string of the molecule is Cc1cc(CCl)ccc1N(Cc1ccsc1)C1CC1. The van der Waals surface area contributed by atoms with E-state index in [1.54, 1.807) is 11.3 Å². The zero-order valence-electron chi connectivity index (χ0n) is 11.1. The topological polar surface area (TPSA) is 3.24 Å². The second-order valence-electron chi connectivity index (χ2n) is 5.25. The van der Waals surface area contributed by atoms with Crippen LogP contribution in [0.3, 0.4) is 0 Å². The molecule has 0 saturated heterocycles. The van der Waals surface area contributed by atoms with Gasteiger partial charge in [-0.2, -0.15) is 11.3 Å². The molecule has 1 aromatic heterocycles. The Morgan fingerprint density at radius 1 is 1.26 bits per heavy atom. The van der Waals surface area contributed by atoms with Crippen molar-refractivity contribution in [1.82, 2.24) is 0 Å². The van der Waals surface area contributed by atoms with Crippen LogP contribution in [0, 0.1) is 6.92 Å². The summed E-state index contributed by atoms with van der Waals surface area (Å²) in [4.78, 5) is 2.55. The number of thiophene rings is 1. The van der Waals surface area contributed by atoms with Gasteiger partial charge in [-0.3, -0.25) is 0 Å². The predicted octanol–water partition coefficient (Wildman–Crippen LogP) is 4.96. The number of rotatable bonds is 5. The molecule has 1 aliphatic carbocycles. The van der Waals surface area contributed by atoms with E-state index in [4.69, 9.17) is 11.6 Å². The van der Waals surface area contributed by atoms with Crippen molar-refractivity contribution in [2.75, 3.05) is 4.90 Å². The minimum atomic E-state index is 0.592. The average molecular weight is 292 g/mol. The van der Waals surface area contributed by atoms with Crippen LogP contribution in [0.15, 0.2) is 35.0 Å². The zero-order valence-corrected chi connectivity index (χ0v) is 12.7. The third-order valence-electron chi connectivity index (χ3n) is 3.65. The van der Waals surface area contributed by atoms with E-state index in [9.17, 15) is 0 Å². The highest BCUT2D eigenvalue weighted by Gasteiger charge is 2.30. The molecule has 0 radical (unpaired) electrons. The Morgan fingerprint density at radius 3 is 2.68 bits per heavy atom. The van der Waals surface area contributed by atoms with Gasteiger partial charge < -0.3 is 4.90 Å². The zero-order chi connectivity index (χ0) is 13.2. The van der Waals surface area contributed by atoms with E-state index in [2.05, 4.69) is 46.8 Å². The van der Waals surface area contributed by atoms with Gasteiger partial charge in [0.25, 0.3) is 0 Å². The van der Waals surface area contributed by atoms with Crippen molar-refractivity contribution >= 4 is 28.6 Å². The van der Waals surface area contributed by atoms with Gasteiger partial charge in [0.15, 0.2) is 0 Å². The molecule has 0 N–H and O–H groups in total. The quantitative estimate of drug-likeness (QED) is 0.704. The molecule has 100 valence electrons. The largest absolute Gasteiger partial charge is 0.364 e. The Morgan fingerprint density at radius 2 is 2.11 bits per heavy atom. The van der Waals surface area contributed by atoms with Crippen LogP contribution >= 0.6 is 22.9 Å². The molecule has 19 heavy (non-hydrogen) atoms. The first-order valence-electron chi connectivity index (χ1n) is 6.71. The summed E-state index contributed by atoms with van der Waals surface area (Å²) in [6.45, 7) is 3.21. The Balaban J connectivity index is 1.87. The molecule has 0 unspecified atom stereocenters. The Labute approximate surface area is 123 Å². The van der Waals surface area contributed by atoms with Gasteiger partial charge in [-0.15, -0.1) is 11.6 Å². The van der Waals surface area contributed by atoms with Gasteiger partial charge in [0.1, 0.15) is 0 Å². The normalized spacial score (nSPS) is 14.6. The first-order chi connectivity index (χ1) is 9.28. The smallest absolute Gasteiger partial charge is 0.0474 e. The highest BCUT2D eigenvalue weighted by Crippen LogP contribution is 2.35. The number of hydrogen-bond acceptors (Lipinski definition) is 2. The molecule has 1 nitrogen and oxygen atoms in total. The van der Waals surface area contributed by atoms with Gasteiger partial charge in [0, 0.05) is 24.2 Å². The highest BCUT2D eigenvalue weighted by atomic mass is 35.5. The molecule has 1 saturated carbocycles. The molecule has 1 aromatic carbocycles. The third-order valence-corrected chi connectivity index (χ3v) is 4.69. The highest BCUT2D eigenvalue weighted by molar-refractivity contribution is 7.07. The molecule has 1 heterocycles. The molecular weight excluding hydrogens is 274 g/mol. The summed E-state index contributed by atoms with van der Waals surface area (Å²) in [5.41, 5.74) is 5.31. The van der Waals surface area contributed by atoms with Gasteiger partial charge in [0.05, 0.1) is 0 Å². The summed E-state index contributed by atoms with van der Waals surface area (Å²) in [6.07, 6.45) is 2.64. The summed E-state index contributed by atoms with van der Waals surface area (Å²) in [5.74, 6) is 0.592. The van der Waals surface area contributed by atoms with E-state index in [1.807, 2.05) is 0 Å². The van der Waals surface area contributed by atoms with E-state index in [-0.39, 0.29) is 0 Å².